The van der Waals surface area contributed by atoms with E-state index in [1.54, 1.807) is 0 Å². The van der Waals surface area contributed by atoms with E-state index in [4.69, 9.17) is 0 Å². The number of urea groups is 1. The number of aromatic nitrogens is 2. The SMILES string of the molecule is O=C(Nc1ccc(N2CCCCC2)nn1)NC1CCCCC1. The average molecular weight is 303 g/mol. The van der Waals surface area contributed by atoms with Gasteiger partial charge in [0.15, 0.2) is 11.6 Å². The number of hydrogen-bond acceptors (Lipinski definition) is 4. The van der Waals surface area contributed by atoms with Crippen molar-refractivity contribution in [3.05, 3.63) is 12.1 Å². The number of nitrogens with one attached hydrogen (secondary N) is 2. The molecule has 1 aliphatic heterocycles. The van der Waals surface area contributed by atoms with Gasteiger partial charge < -0.3 is 10.2 Å². The summed E-state index contributed by atoms with van der Waals surface area (Å²) in [4.78, 5) is 14.2. The highest BCUT2D eigenvalue weighted by Crippen LogP contribution is 2.19. The van der Waals surface area contributed by atoms with Crippen LogP contribution in [0.4, 0.5) is 16.4 Å². The maximum atomic E-state index is 12.0. The van der Waals surface area contributed by atoms with Gasteiger partial charge in [-0.15, -0.1) is 10.2 Å². The van der Waals surface area contributed by atoms with Crippen molar-refractivity contribution in [1.82, 2.24) is 15.5 Å². The molecule has 2 N–H and O–H groups in total. The van der Waals surface area contributed by atoms with Gasteiger partial charge in [-0.25, -0.2) is 4.79 Å². The molecule has 1 aromatic rings. The smallest absolute Gasteiger partial charge is 0.320 e. The highest BCUT2D eigenvalue weighted by atomic mass is 16.2. The molecule has 1 saturated heterocycles. The Balaban J connectivity index is 1.50. The van der Waals surface area contributed by atoms with E-state index in [0.29, 0.717) is 11.9 Å². The van der Waals surface area contributed by atoms with Crippen LogP contribution in [0.15, 0.2) is 12.1 Å². The Morgan fingerprint density at radius 1 is 1.00 bits per heavy atom. The number of rotatable bonds is 3. The number of anilines is 2. The lowest BCUT2D eigenvalue weighted by molar-refractivity contribution is 0.244. The van der Waals surface area contributed by atoms with Crippen molar-refractivity contribution in [2.24, 2.45) is 0 Å². The first-order valence-corrected chi connectivity index (χ1v) is 8.47. The third-order valence-electron chi connectivity index (χ3n) is 4.51. The fourth-order valence-electron chi connectivity index (χ4n) is 3.27. The molecular formula is C16H25N5O. The normalized spacial score (nSPS) is 19.7. The summed E-state index contributed by atoms with van der Waals surface area (Å²) < 4.78 is 0. The van der Waals surface area contributed by atoms with Gasteiger partial charge in [-0.2, -0.15) is 0 Å². The van der Waals surface area contributed by atoms with Crippen LogP contribution in [0.25, 0.3) is 0 Å². The van der Waals surface area contributed by atoms with E-state index in [2.05, 4.69) is 25.7 Å². The Morgan fingerprint density at radius 2 is 1.73 bits per heavy atom. The van der Waals surface area contributed by atoms with Gasteiger partial charge >= 0.3 is 6.03 Å². The van der Waals surface area contributed by atoms with E-state index in [9.17, 15) is 4.79 Å². The minimum Gasteiger partial charge on any atom is -0.355 e. The summed E-state index contributed by atoms with van der Waals surface area (Å²) in [5.41, 5.74) is 0. The molecule has 1 aromatic heterocycles. The van der Waals surface area contributed by atoms with Gasteiger partial charge in [-0.1, -0.05) is 19.3 Å². The maximum Gasteiger partial charge on any atom is 0.320 e. The molecule has 0 bridgehead atoms. The molecule has 6 heteroatoms. The largest absolute Gasteiger partial charge is 0.355 e. The molecule has 1 aliphatic carbocycles. The minimum absolute atomic E-state index is 0.174. The number of nitrogens with zero attached hydrogens (tertiary/aromatic N) is 3. The molecule has 0 unspecified atom stereocenters. The summed E-state index contributed by atoms with van der Waals surface area (Å²) in [6, 6.07) is 3.90. The first-order valence-electron chi connectivity index (χ1n) is 8.47. The van der Waals surface area contributed by atoms with Crippen molar-refractivity contribution in [2.45, 2.75) is 57.4 Å². The first-order chi connectivity index (χ1) is 10.8. The predicted octanol–water partition coefficient (Wildman–Crippen LogP) is 2.92. The zero-order valence-electron chi connectivity index (χ0n) is 13.1. The Labute approximate surface area is 131 Å². The molecular weight excluding hydrogens is 278 g/mol. The third-order valence-corrected chi connectivity index (χ3v) is 4.51. The lowest BCUT2D eigenvalue weighted by Crippen LogP contribution is -2.39. The van der Waals surface area contributed by atoms with Crippen molar-refractivity contribution < 1.29 is 4.79 Å². The molecule has 2 heterocycles. The Hall–Kier alpha value is -1.85. The number of hydrogen-bond donors (Lipinski definition) is 2. The van der Waals surface area contributed by atoms with E-state index in [0.717, 1.165) is 31.7 Å². The summed E-state index contributed by atoms with van der Waals surface area (Å²) in [5.74, 6) is 1.41. The van der Waals surface area contributed by atoms with Gasteiger partial charge in [0, 0.05) is 19.1 Å². The van der Waals surface area contributed by atoms with Gasteiger partial charge in [0.25, 0.3) is 0 Å². The predicted molar refractivity (Wildman–Crippen MR) is 87.1 cm³/mol. The molecule has 2 amide bonds. The number of piperidine rings is 1. The second-order valence-corrected chi connectivity index (χ2v) is 6.26. The van der Waals surface area contributed by atoms with Gasteiger partial charge in [-0.05, 0) is 44.2 Å². The molecule has 22 heavy (non-hydrogen) atoms. The van der Waals surface area contributed by atoms with Crippen LogP contribution in [-0.4, -0.2) is 35.4 Å². The summed E-state index contributed by atoms with van der Waals surface area (Å²) in [7, 11) is 0. The second kappa shape index (κ2) is 7.42. The highest BCUT2D eigenvalue weighted by molar-refractivity contribution is 5.88. The van der Waals surface area contributed by atoms with Crippen LogP contribution < -0.4 is 15.5 Å². The molecule has 0 radical (unpaired) electrons. The molecule has 6 nitrogen and oxygen atoms in total. The molecule has 2 aliphatic rings. The summed E-state index contributed by atoms with van der Waals surface area (Å²) in [6.07, 6.45) is 9.57. The lowest BCUT2D eigenvalue weighted by atomic mass is 9.96. The third kappa shape index (κ3) is 4.08. The van der Waals surface area contributed by atoms with E-state index in [-0.39, 0.29) is 6.03 Å². The van der Waals surface area contributed by atoms with E-state index < -0.39 is 0 Å². The van der Waals surface area contributed by atoms with Crippen molar-refractivity contribution in [1.29, 1.82) is 0 Å². The standard InChI is InChI=1S/C16H25N5O/c22-16(17-13-7-3-1-4-8-13)18-14-9-10-15(20-19-14)21-11-5-2-6-12-21/h9-10,13H,1-8,11-12H2,(H2,17,18,19,22). The zero-order chi connectivity index (χ0) is 15.2. The van der Waals surface area contributed by atoms with Gasteiger partial charge in [-0.3, -0.25) is 5.32 Å². The topological polar surface area (TPSA) is 70.2 Å². The Kier molecular flexibility index (Phi) is 5.08. The fraction of sp³-hybridized carbons (Fsp3) is 0.688. The van der Waals surface area contributed by atoms with Crippen molar-refractivity contribution in [3.63, 3.8) is 0 Å². The van der Waals surface area contributed by atoms with Gasteiger partial charge in [0.05, 0.1) is 0 Å². The van der Waals surface area contributed by atoms with Crippen LogP contribution in [0.5, 0.6) is 0 Å². The minimum atomic E-state index is -0.174. The first kappa shape index (κ1) is 15.1. The average Bonchev–Trinajstić information content (AvgIpc) is 2.57. The van der Waals surface area contributed by atoms with E-state index in [1.807, 2.05) is 12.1 Å². The van der Waals surface area contributed by atoms with Crippen molar-refractivity contribution in [3.8, 4) is 0 Å². The molecule has 0 atom stereocenters. The summed E-state index contributed by atoms with van der Waals surface area (Å²) in [6.45, 7) is 2.09. The monoisotopic (exact) mass is 303 g/mol. The van der Waals surface area contributed by atoms with Crippen LogP contribution in [0.1, 0.15) is 51.4 Å². The quantitative estimate of drug-likeness (QED) is 0.900. The number of carbonyl (C=O) groups excluding carboxylic acids is 1. The second-order valence-electron chi connectivity index (χ2n) is 6.26. The van der Waals surface area contributed by atoms with Crippen molar-refractivity contribution >= 4 is 17.7 Å². The summed E-state index contributed by atoms with van der Waals surface area (Å²) >= 11 is 0. The molecule has 0 spiro atoms. The Bertz CT molecular complexity index is 478. The van der Waals surface area contributed by atoms with Gasteiger partial charge in [0.2, 0.25) is 0 Å². The lowest BCUT2D eigenvalue weighted by Gasteiger charge is -2.27. The maximum absolute atomic E-state index is 12.0. The van der Waals surface area contributed by atoms with E-state index in [1.165, 1.54) is 38.5 Å². The van der Waals surface area contributed by atoms with Crippen LogP contribution in [0, 0.1) is 0 Å². The molecule has 0 aromatic carbocycles. The molecule has 3 rings (SSSR count). The molecule has 2 fully saturated rings. The highest BCUT2D eigenvalue weighted by Gasteiger charge is 2.16. The summed E-state index contributed by atoms with van der Waals surface area (Å²) in [5, 5.41) is 14.2. The van der Waals surface area contributed by atoms with Crippen LogP contribution >= 0.6 is 0 Å². The number of carbonyl (C=O) groups is 1. The number of amides is 2. The van der Waals surface area contributed by atoms with Gasteiger partial charge in [0.1, 0.15) is 0 Å². The van der Waals surface area contributed by atoms with Crippen LogP contribution in [0.2, 0.25) is 0 Å². The molecule has 1 saturated carbocycles. The van der Waals surface area contributed by atoms with Crippen molar-refractivity contribution in [2.75, 3.05) is 23.3 Å². The molecule has 120 valence electrons. The Morgan fingerprint density at radius 3 is 2.41 bits per heavy atom. The zero-order valence-corrected chi connectivity index (χ0v) is 13.1. The fourth-order valence-corrected chi connectivity index (χ4v) is 3.27. The van der Waals surface area contributed by atoms with E-state index >= 15 is 0 Å². The van der Waals surface area contributed by atoms with Crippen LogP contribution in [-0.2, 0) is 0 Å². The van der Waals surface area contributed by atoms with Crippen LogP contribution in [0.3, 0.4) is 0 Å².